The largest absolute Gasteiger partial charge is 0.495 e. The summed E-state index contributed by atoms with van der Waals surface area (Å²) >= 11 is 9.57. The highest BCUT2D eigenvalue weighted by molar-refractivity contribution is 9.10. The van der Waals surface area contributed by atoms with Gasteiger partial charge in [-0.05, 0) is 45.6 Å². The fourth-order valence-corrected chi connectivity index (χ4v) is 2.73. The van der Waals surface area contributed by atoms with Crippen LogP contribution in [0.3, 0.4) is 0 Å². The molecule has 1 heterocycles. The minimum absolute atomic E-state index is 0.419. The van der Waals surface area contributed by atoms with Crippen LogP contribution in [0.5, 0.6) is 5.75 Å². The van der Waals surface area contributed by atoms with E-state index in [9.17, 15) is 0 Å². The SMILES string of the molecule is COc1cc2cc(C(C)C)c(Br)nc2cc1Cl. The van der Waals surface area contributed by atoms with Crippen molar-refractivity contribution in [2.45, 2.75) is 19.8 Å². The van der Waals surface area contributed by atoms with Gasteiger partial charge in [-0.25, -0.2) is 4.98 Å². The number of hydrogen-bond donors (Lipinski definition) is 0. The van der Waals surface area contributed by atoms with Gasteiger partial charge < -0.3 is 4.74 Å². The van der Waals surface area contributed by atoms with Crippen LogP contribution in [0.15, 0.2) is 22.8 Å². The molecule has 17 heavy (non-hydrogen) atoms. The van der Waals surface area contributed by atoms with Gasteiger partial charge in [0, 0.05) is 5.39 Å². The molecule has 0 saturated heterocycles. The Morgan fingerprint density at radius 2 is 2.00 bits per heavy atom. The zero-order valence-corrected chi connectivity index (χ0v) is 12.3. The highest BCUT2D eigenvalue weighted by Crippen LogP contribution is 2.32. The maximum absolute atomic E-state index is 6.08. The van der Waals surface area contributed by atoms with Crippen molar-refractivity contribution in [2.24, 2.45) is 0 Å². The molecule has 1 aromatic heterocycles. The monoisotopic (exact) mass is 313 g/mol. The summed E-state index contributed by atoms with van der Waals surface area (Å²) in [5, 5.41) is 1.62. The quantitative estimate of drug-likeness (QED) is 0.744. The van der Waals surface area contributed by atoms with Crippen LogP contribution in [-0.4, -0.2) is 12.1 Å². The number of hydrogen-bond acceptors (Lipinski definition) is 2. The van der Waals surface area contributed by atoms with E-state index in [1.54, 1.807) is 7.11 Å². The molecule has 2 rings (SSSR count). The minimum Gasteiger partial charge on any atom is -0.495 e. The number of ether oxygens (including phenoxy) is 1. The molecule has 0 aliphatic carbocycles. The van der Waals surface area contributed by atoms with E-state index in [1.807, 2.05) is 12.1 Å². The van der Waals surface area contributed by atoms with Crippen LogP contribution in [-0.2, 0) is 0 Å². The Kier molecular flexibility index (Phi) is 3.59. The number of halogens is 2. The maximum atomic E-state index is 6.08. The van der Waals surface area contributed by atoms with Gasteiger partial charge >= 0.3 is 0 Å². The Bertz CT molecular complexity index is 569. The van der Waals surface area contributed by atoms with Crippen LogP contribution in [0.4, 0.5) is 0 Å². The Morgan fingerprint density at radius 3 is 2.59 bits per heavy atom. The van der Waals surface area contributed by atoms with Crippen molar-refractivity contribution in [1.82, 2.24) is 4.98 Å². The van der Waals surface area contributed by atoms with Gasteiger partial charge in [0.2, 0.25) is 0 Å². The second kappa shape index (κ2) is 4.83. The van der Waals surface area contributed by atoms with Crippen molar-refractivity contribution in [3.63, 3.8) is 0 Å². The average Bonchev–Trinajstić information content (AvgIpc) is 2.27. The number of benzene rings is 1. The van der Waals surface area contributed by atoms with Crippen LogP contribution in [0.25, 0.3) is 10.9 Å². The van der Waals surface area contributed by atoms with E-state index in [2.05, 4.69) is 40.8 Å². The maximum Gasteiger partial charge on any atom is 0.138 e. The summed E-state index contributed by atoms with van der Waals surface area (Å²) in [4.78, 5) is 4.51. The van der Waals surface area contributed by atoms with Crippen molar-refractivity contribution in [2.75, 3.05) is 7.11 Å². The van der Waals surface area contributed by atoms with Gasteiger partial charge in [-0.1, -0.05) is 25.4 Å². The van der Waals surface area contributed by atoms with Gasteiger partial charge in [0.05, 0.1) is 17.6 Å². The molecule has 0 amide bonds. The smallest absolute Gasteiger partial charge is 0.138 e. The molecule has 0 saturated carbocycles. The number of pyridine rings is 1. The average molecular weight is 315 g/mol. The molecular weight excluding hydrogens is 302 g/mol. The first-order valence-corrected chi connectivity index (χ1v) is 6.53. The number of rotatable bonds is 2. The molecular formula is C13H13BrClNO. The summed E-state index contributed by atoms with van der Waals surface area (Å²) in [6.07, 6.45) is 0. The first kappa shape index (κ1) is 12.7. The van der Waals surface area contributed by atoms with E-state index < -0.39 is 0 Å². The predicted molar refractivity (Wildman–Crippen MR) is 75.1 cm³/mol. The van der Waals surface area contributed by atoms with Gasteiger partial charge in [0.1, 0.15) is 10.4 Å². The lowest BCUT2D eigenvalue weighted by molar-refractivity contribution is 0.415. The molecule has 0 spiro atoms. The summed E-state index contributed by atoms with van der Waals surface area (Å²) < 4.78 is 6.09. The van der Waals surface area contributed by atoms with Gasteiger partial charge in [0.15, 0.2) is 0 Å². The van der Waals surface area contributed by atoms with Crippen LogP contribution in [0, 0.1) is 0 Å². The zero-order chi connectivity index (χ0) is 12.6. The third-order valence-corrected chi connectivity index (χ3v) is 3.62. The van der Waals surface area contributed by atoms with Crippen molar-refractivity contribution >= 4 is 38.4 Å². The second-order valence-corrected chi connectivity index (χ2v) is 5.36. The lowest BCUT2D eigenvalue weighted by Crippen LogP contribution is -1.94. The van der Waals surface area contributed by atoms with E-state index in [0.29, 0.717) is 16.7 Å². The van der Waals surface area contributed by atoms with E-state index in [4.69, 9.17) is 16.3 Å². The van der Waals surface area contributed by atoms with Crippen LogP contribution < -0.4 is 4.74 Å². The molecule has 0 unspecified atom stereocenters. The highest BCUT2D eigenvalue weighted by Gasteiger charge is 2.10. The topological polar surface area (TPSA) is 22.1 Å². The van der Waals surface area contributed by atoms with Crippen molar-refractivity contribution in [3.8, 4) is 5.75 Å². The molecule has 0 N–H and O–H groups in total. The van der Waals surface area contributed by atoms with Crippen LogP contribution >= 0.6 is 27.5 Å². The molecule has 0 fully saturated rings. The Hall–Kier alpha value is -0.800. The molecule has 2 aromatic rings. The molecule has 0 aliphatic heterocycles. The van der Waals surface area contributed by atoms with Crippen molar-refractivity contribution < 1.29 is 4.74 Å². The van der Waals surface area contributed by atoms with Gasteiger partial charge in [-0.3, -0.25) is 0 Å². The summed E-state index contributed by atoms with van der Waals surface area (Å²) in [6, 6.07) is 5.86. The molecule has 0 bridgehead atoms. The Balaban J connectivity index is 2.71. The predicted octanol–water partition coefficient (Wildman–Crippen LogP) is 4.78. The fourth-order valence-electron chi connectivity index (χ4n) is 1.73. The Labute approximate surface area is 114 Å². The zero-order valence-electron chi connectivity index (χ0n) is 9.92. The first-order chi connectivity index (χ1) is 8.02. The van der Waals surface area contributed by atoms with E-state index in [1.165, 1.54) is 5.56 Å². The summed E-state index contributed by atoms with van der Waals surface area (Å²) in [5.74, 6) is 1.10. The van der Waals surface area contributed by atoms with Gasteiger partial charge in [-0.2, -0.15) is 0 Å². The highest BCUT2D eigenvalue weighted by atomic mass is 79.9. The lowest BCUT2D eigenvalue weighted by Gasteiger charge is -2.11. The van der Waals surface area contributed by atoms with E-state index in [-0.39, 0.29) is 0 Å². The standard InChI is InChI=1S/C13H13BrClNO/c1-7(2)9-4-8-5-12(17-3)10(15)6-11(8)16-13(9)14/h4-7H,1-3H3. The molecule has 4 heteroatoms. The molecule has 90 valence electrons. The molecule has 2 nitrogen and oxygen atoms in total. The fraction of sp³-hybridized carbons (Fsp3) is 0.308. The van der Waals surface area contributed by atoms with Crippen molar-refractivity contribution in [1.29, 1.82) is 0 Å². The first-order valence-electron chi connectivity index (χ1n) is 5.36. The number of fused-ring (bicyclic) bond motifs is 1. The molecule has 0 atom stereocenters. The number of nitrogens with zero attached hydrogens (tertiary/aromatic N) is 1. The van der Waals surface area contributed by atoms with Gasteiger partial charge in [-0.15, -0.1) is 0 Å². The van der Waals surface area contributed by atoms with Crippen LogP contribution in [0.1, 0.15) is 25.3 Å². The van der Waals surface area contributed by atoms with E-state index >= 15 is 0 Å². The van der Waals surface area contributed by atoms with Crippen molar-refractivity contribution in [3.05, 3.63) is 33.4 Å². The molecule has 0 radical (unpaired) electrons. The number of aromatic nitrogens is 1. The molecule has 0 aliphatic rings. The van der Waals surface area contributed by atoms with E-state index in [0.717, 1.165) is 15.5 Å². The second-order valence-electron chi connectivity index (χ2n) is 4.20. The Morgan fingerprint density at radius 1 is 1.29 bits per heavy atom. The molecule has 1 aromatic carbocycles. The minimum atomic E-state index is 0.419. The third-order valence-electron chi connectivity index (χ3n) is 2.69. The summed E-state index contributed by atoms with van der Waals surface area (Å²) in [5.41, 5.74) is 2.05. The summed E-state index contributed by atoms with van der Waals surface area (Å²) in [6.45, 7) is 4.28. The summed E-state index contributed by atoms with van der Waals surface area (Å²) in [7, 11) is 1.61. The lowest BCUT2D eigenvalue weighted by atomic mass is 10.0. The van der Waals surface area contributed by atoms with Gasteiger partial charge in [0.25, 0.3) is 0 Å². The normalized spacial score (nSPS) is 11.2. The van der Waals surface area contributed by atoms with Crippen LogP contribution in [0.2, 0.25) is 5.02 Å². The number of methoxy groups -OCH3 is 1. The third kappa shape index (κ3) is 2.40.